The molecule has 0 spiro atoms. The second-order valence-corrected chi connectivity index (χ2v) is 5.38. The van der Waals surface area contributed by atoms with Crippen molar-refractivity contribution in [2.45, 2.75) is 26.2 Å². The molecule has 2 aromatic rings. The van der Waals surface area contributed by atoms with Crippen LogP contribution in [0.25, 0.3) is 12.2 Å². The van der Waals surface area contributed by atoms with Gasteiger partial charge in [0.25, 0.3) is 0 Å². The van der Waals surface area contributed by atoms with Gasteiger partial charge in [-0.25, -0.2) is 0 Å². The molecule has 3 N–H and O–H groups in total. The monoisotopic (exact) mass is 324 g/mol. The van der Waals surface area contributed by atoms with Crippen LogP contribution in [-0.4, -0.2) is 25.7 Å². The minimum absolute atomic E-state index is 0.595. The number of nitrogens with zero attached hydrogens (tertiary/aromatic N) is 4. The Balaban J connectivity index is 2.26. The third kappa shape index (κ3) is 4.32. The lowest BCUT2D eigenvalue weighted by Gasteiger charge is -2.00. The zero-order valence-electron chi connectivity index (χ0n) is 14.2. The fourth-order valence-electron chi connectivity index (χ4n) is 2.16. The first-order chi connectivity index (χ1) is 11.7. The summed E-state index contributed by atoms with van der Waals surface area (Å²) in [5.41, 5.74) is 9.49. The van der Waals surface area contributed by atoms with Gasteiger partial charge >= 0.3 is 0 Å². The van der Waals surface area contributed by atoms with Gasteiger partial charge in [0.05, 0.1) is 29.4 Å². The molecule has 6 nitrogen and oxygen atoms in total. The Morgan fingerprint density at radius 3 is 2.96 bits per heavy atom. The average Bonchev–Trinajstić information content (AvgIpc) is 3.17. The van der Waals surface area contributed by atoms with Crippen LogP contribution < -0.4 is 5.73 Å². The number of H-pyrrole nitrogens is 1. The van der Waals surface area contributed by atoms with Crippen LogP contribution in [0.3, 0.4) is 0 Å². The van der Waals surface area contributed by atoms with Crippen molar-refractivity contribution in [3.63, 3.8) is 0 Å². The van der Waals surface area contributed by atoms with E-state index in [9.17, 15) is 0 Å². The van der Waals surface area contributed by atoms with Gasteiger partial charge in [0.2, 0.25) is 0 Å². The van der Waals surface area contributed by atoms with Crippen molar-refractivity contribution in [2.24, 2.45) is 12.0 Å². The Bertz CT molecular complexity index is 760. The van der Waals surface area contributed by atoms with Gasteiger partial charge < -0.3 is 5.73 Å². The summed E-state index contributed by atoms with van der Waals surface area (Å²) in [4.78, 5) is 4.56. The number of hydrogen-bond acceptors (Lipinski definition) is 4. The van der Waals surface area contributed by atoms with Crippen LogP contribution in [0.4, 0.5) is 5.82 Å². The third-order valence-corrected chi connectivity index (χ3v) is 3.63. The first-order valence-electron chi connectivity index (χ1n) is 8.01. The Labute approximate surface area is 142 Å². The largest absolute Gasteiger partial charge is 0.383 e. The van der Waals surface area contributed by atoms with Gasteiger partial charge in [-0.3, -0.25) is 14.8 Å². The Kier molecular flexibility index (Phi) is 6.31. The molecule has 0 amide bonds. The van der Waals surface area contributed by atoms with Crippen LogP contribution in [-0.2, 0) is 7.05 Å². The predicted octanol–water partition coefficient (Wildman–Crippen LogP) is 3.57. The lowest BCUT2D eigenvalue weighted by Crippen LogP contribution is -2.03. The first kappa shape index (κ1) is 17.5. The number of aliphatic imine (C=N–C) groups is 1. The van der Waals surface area contributed by atoms with Crippen LogP contribution in [0, 0.1) is 0 Å². The maximum absolute atomic E-state index is 6.08. The predicted molar refractivity (Wildman–Crippen MR) is 101 cm³/mol. The molecule has 24 heavy (non-hydrogen) atoms. The number of allylic oxidation sites excluding steroid dienone is 2. The highest BCUT2D eigenvalue weighted by Gasteiger charge is 2.08. The number of nitrogens with two attached hydrogens (primary N) is 1. The molecule has 0 aromatic carbocycles. The molecule has 0 aliphatic rings. The molecule has 0 radical (unpaired) electrons. The van der Waals surface area contributed by atoms with E-state index in [1.54, 1.807) is 29.4 Å². The highest BCUT2D eigenvalue weighted by molar-refractivity contribution is 6.11. The maximum Gasteiger partial charge on any atom is 0.130 e. The SMILES string of the molecule is C=Cc1[nH]ncc1/C=C/N=C(/C=C/CCCC)c1cnn(C)c1N. The minimum atomic E-state index is 0.595. The molecular weight excluding hydrogens is 300 g/mol. The number of hydrogen-bond donors (Lipinski definition) is 2. The third-order valence-electron chi connectivity index (χ3n) is 3.63. The molecule has 0 atom stereocenters. The van der Waals surface area contributed by atoms with Gasteiger partial charge in [-0.2, -0.15) is 10.2 Å². The van der Waals surface area contributed by atoms with E-state index in [2.05, 4.69) is 39.9 Å². The zero-order valence-corrected chi connectivity index (χ0v) is 14.2. The summed E-state index contributed by atoms with van der Waals surface area (Å²) in [6, 6.07) is 0. The van der Waals surface area contributed by atoms with Crippen molar-refractivity contribution >= 4 is 23.7 Å². The Morgan fingerprint density at radius 2 is 2.29 bits per heavy atom. The number of anilines is 1. The zero-order chi connectivity index (χ0) is 17.4. The number of nitrogens with one attached hydrogen (secondary N) is 1. The van der Waals surface area contributed by atoms with Crippen LogP contribution in [0.1, 0.15) is 43.0 Å². The van der Waals surface area contributed by atoms with E-state index in [4.69, 9.17) is 5.73 Å². The van der Waals surface area contributed by atoms with Crippen molar-refractivity contribution in [3.8, 4) is 0 Å². The summed E-state index contributed by atoms with van der Waals surface area (Å²) in [6.07, 6.45) is 16.3. The minimum Gasteiger partial charge on any atom is -0.383 e. The highest BCUT2D eigenvalue weighted by atomic mass is 15.3. The number of aryl methyl sites for hydroxylation is 1. The normalized spacial score (nSPS) is 12.5. The number of aromatic nitrogens is 4. The number of rotatable bonds is 8. The lowest BCUT2D eigenvalue weighted by molar-refractivity contribution is 0.779. The number of unbranched alkanes of at least 4 members (excludes halogenated alkanes) is 2. The molecule has 0 bridgehead atoms. The van der Waals surface area contributed by atoms with E-state index in [0.29, 0.717) is 5.82 Å². The second-order valence-electron chi connectivity index (χ2n) is 5.38. The second kappa shape index (κ2) is 8.67. The van der Waals surface area contributed by atoms with E-state index in [0.717, 1.165) is 41.8 Å². The van der Waals surface area contributed by atoms with E-state index >= 15 is 0 Å². The molecule has 2 rings (SSSR count). The molecule has 0 aliphatic carbocycles. The molecular formula is C18H24N6. The van der Waals surface area contributed by atoms with E-state index in [1.165, 1.54) is 0 Å². The Hall–Kier alpha value is -2.89. The summed E-state index contributed by atoms with van der Waals surface area (Å²) in [5.74, 6) is 0.595. The molecule has 0 saturated heterocycles. The summed E-state index contributed by atoms with van der Waals surface area (Å²) < 4.78 is 1.64. The smallest absolute Gasteiger partial charge is 0.130 e. The number of aromatic amines is 1. The molecule has 2 aromatic heterocycles. The van der Waals surface area contributed by atoms with Gasteiger partial charge in [0.15, 0.2) is 0 Å². The van der Waals surface area contributed by atoms with Crippen molar-refractivity contribution in [1.29, 1.82) is 0 Å². The molecule has 0 aliphatic heterocycles. The van der Waals surface area contributed by atoms with Gasteiger partial charge in [0.1, 0.15) is 5.82 Å². The Morgan fingerprint density at radius 1 is 1.46 bits per heavy atom. The molecule has 0 fully saturated rings. The standard InChI is InChI=1S/C18H24N6/c1-4-6-7-8-9-17(15-13-22-24(3)18(15)19)20-11-10-14-12-21-23-16(14)5-2/h5,8-13H,2,4,6-7,19H2,1,3H3,(H,21,23)/b9-8+,11-10+,20-17-. The quantitative estimate of drug-likeness (QED) is 0.575. The average molecular weight is 324 g/mol. The van der Waals surface area contributed by atoms with Gasteiger partial charge in [-0.1, -0.05) is 32.4 Å². The summed E-state index contributed by atoms with van der Waals surface area (Å²) in [5, 5.41) is 11.1. The van der Waals surface area contributed by atoms with Crippen LogP contribution >= 0.6 is 0 Å². The van der Waals surface area contributed by atoms with Crippen molar-refractivity contribution < 1.29 is 0 Å². The van der Waals surface area contributed by atoms with E-state index in [1.807, 2.05) is 19.2 Å². The highest BCUT2D eigenvalue weighted by Crippen LogP contribution is 2.14. The molecule has 6 heteroatoms. The number of nitrogen functional groups attached to an aromatic ring is 1. The molecule has 0 saturated carbocycles. The summed E-state index contributed by atoms with van der Waals surface area (Å²) in [6.45, 7) is 5.92. The van der Waals surface area contributed by atoms with Gasteiger partial charge in [0, 0.05) is 18.8 Å². The fraction of sp³-hybridized carbons (Fsp3) is 0.278. The molecule has 0 unspecified atom stereocenters. The summed E-state index contributed by atoms with van der Waals surface area (Å²) >= 11 is 0. The van der Waals surface area contributed by atoms with E-state index in [-0.39, 0.29) is 0 Å². The van der Waals surface area contributed by atoms with Crippen molar-refractivity contribution in [3.05, 3.63) is 54.1 Å². The van der Waals surface area contributed by atoms with Crippen LogP contribution in [0.15, 0.2) is 42.3 Å². The first-order valence-corrected chi connectivity index (χ1v) is 8.01. The summed E-state index contributed by atoms with van der Waals surface area (Å²) in [7, 11) is 1.81. The van der Waals surface area contributed by atoms with Crippen LogP contribution in [0.2, 0.25) is 0 Å². The van der Waals surface area contributed by atoms with Crippen molar-refractivity contribution in [1.82, 2.24) is 20.0 Å². The maximum atomic E-state index is 6.08. The molecule has 2 heterocycles. The molecule has 126 valence electrons. The fourth-order valence-corrected chi connectivity index (χ4v) is 2.16. The lowest BCUT2D eigenvalue weighted by atomic mass is 10.1. The van der Waals surface area contributed by atoms with E-state index < -0.39 is 0 Å². The van der Waals surface area contributed by atoms with Gasteiger partial charge in [-0.05, 0) is 24.6 Å². The van der Waals surface area contributed by atoms with Crippen LogP contribution in [0.5, 0.6) is 0 Å². The topological polar surface area (TPSA) is 84.9 Å². The van der Waals surface area contributed by atoms with Gasteiger partial charge in [-0.15, -0.1) is 0 Å². The van der Waals surface area contributed by atoms with Crippen molar-refractivity contribution in [2.75, 3.05) is 5.73 Å².